The molecular formula is C33H39N7O3. The quantitative estimate of drug-likeness (QED) is 0.433. The topological polar surface area (TPSA) is 109 Å². The molecule has 3 atom stereocenters. The number of nitrogens with zero attached hydrogens (tertiary/aromatic N) is 7. The maximum Gasteiger partial charge on any atom is 0.407 e. The van der Waals surface area contributed by atoms with Gasteiger partial charge in [-0.2, -0.15) is 15.2 Å². The summed E-state index contributed by atoms with van der Waals surface area (Å²) in [5.41, 5.74) is 4.49. The Bertz CT molecular complexity index is 1550. The number of piperazine rings is 1. The monoisotopic (exact) mass is 581 g/mol. The Labute approximate surface area is 252 Å². The van der Waals surface area contributed by atoms with E-state index in [1.807, 2.05) is 0 Å². The van der Waals surface area contributed by atoms with E-state index in [4.69, 9.17) is 14.7 Å². The van der Waals surface area contributed by atoms with Crippen LogP contribution in [0.1, 0.15) is 48.9 Å². The van der Waals surface area contributed by atoms with E-state index in [0.29, 0.717) is 44.7 Å². The van der Waals surface area contributed by atoms with Gasteiger partial charge < -0.3 is 24.5 Å². The predicted octanol–water partition coefficient (Wildman–Crippen LogP) is 4.45. The summed E-state index contributed by atoms with van der Waals surface area (Å²) in [5, 5.41) is 21.5. The Morgan fingerprint density at radius 2 is 1.86 bits per heavy atom. The molecule has 1 amide bonds. The number of likely N-dealkylation sites (N-methyl/N-ethyl adjacent to an activating group) is 1. The number of nitriles is 1. The van der Waals surface area contributed by atoms with E-state index in [1.165, 1.54) is 28.4 Å². The highest BCUT2D eigenvalue weighted by Gasteiger charge is 2.44. The third kappa shape index (κ3) is 5.20. The zero-order valence-corrected chi connectivity index (χ0v) is 24.8. The second kappa shape index (κ2) is 11.5. The molecule has 0 radical (unpaired) electrons. The van der Waals surface area contributed by atoms with Crippen LogP contribution in [0.15, 0.2) is 36.4 Å². The highest BCUT2D eigenvalue weighted by atomic mass is 16.5. The highest BCUT2D eigenvalue weighted by Crippen LogP contribution is 2.38. The van der Waals surface area contributed by atoms with Crippen LogP contribution in [-0.2, 0) is 19.4 Å². The molecule has 5 heterocycles. The number of aromatic nitrogens is 2. The van der Waals surface area contributed by atoms with Gasteiger partial charge in [0.2, 0.25) is 0 Å². The Hall–Kier alpha value is -4.10. The number of likely N-dealkylation sites (tertiary alicyclic amines) is 1. The minimum absolute atomic E-state index is 0.0130. The van der Waals surface area contributed by atoms with E-state index < -0.39 is 6.09 Å². The van der Waals surface area contributed by atoms with Gasteiger partial charge in [0.1, 0.15) is 12.4 Å². The summed E-state index contributed by atoms with van der Waals surface area (Å²) < 4.78 is 6.32. The van der Waals surface area contributed by atoms with Crippen LogP contribution in [0.25, 0.3) is 10.8 Å². The molecule has 1 unspecified atom stereocenters. The fraction of sp³-hybridized carbons (Fsp3) is 0.515. The number of carboxylic acid groups (broad SMARTS) is 1. The third-order valence-electron chi connectivity index (χ3n) is 9.92. The van der Waals surface area contributed by atoms with Crippen molar-refractivity contribution in [1.82, 2.24) is 19.8 Å². The number of ether oxygens (including phenoxy) is 1. The van der Waals surface area contributed by atoms with Crippen molar-refractivity contribution in [3.63, 3.8) is 0 Å². The van der Waals surface area contributed by atoms with Crippen LogP contribution in [-0.4, -0.2) is 88.9 Å². The standard InChI is InChI=1S/C33H39N7O3/c1-37-16-5-10-26(37)21-43-32-35-28-20-38(29-11-3-8-22-6-2-7-23(30(22)29)9-4-15-34)17-14-27(28)31(36-32)39-18-24-12-13-25(19-39)40(24)33(41)42/h2-3,6-8,11,24-26H,4-5,9-10,12-14,16-21H2,1H3,(H,41,42)/t24-,25+,26?. The number of hydrogen-bond donors (Lipinski definition) is 1. The smallest absolute Gasteiger partial charge is 0.407 e. The maximum absolute atomic E-state index is 12.0. The summed E-state index contributed by atoms with van der Waals surface area (Å²) in [6.07, 6.45) is 5.25. The zero-order valence-electron chi connectivity index (χ0n) is 24.8. The molecule has 3 aromatic rings. The first-order chi connectivity index (χ1) is 21.0. The van der Waals surface area contributed by atoms with Gasteiger partial charge in [-0.25, -0.2) is 4.79 Å². The van der Waals surface area contributed by atoms with E-state index in [9.17, 15) is 15.2 Å². The number of hydrogen-bond acceptors (Lipinski definition) is 8. The summed E-state index contributed by atoms with van der Waals surface area (Å²) in [4.78, 5) is 30.7. The Kier molecular flexibility index (Phi) is 7.43. The molecule has 0 saturated carbocycles. The second-order valence-corrected chi connectivity index (χ2v) is 12.4. The molecule has 7 rings (SSSR count). The summed E-state index contributed by atoms with van der Waals surface area (Å²) in [6.45, 7) is 4.39. The molecule has 10 heteroatoms. The van der Waals surface area contributed by atoms with Crippen LogP contribution in [0.4, 0.5) is 16.3 Å². The van der Waals surface area contributed by atoms with Crippen molar-refractivity contribution in [1.29, 1.82) is 5.26 Å². The van der Waals surface area contributed by atoms with Crippen LogP contribution in [0.5, 0.6) is 6.01 Å². The molecule has 224 valence electrons. The van der Waals surface area contributed by atoms with Crippen molar-refractivity contribution < 1.29 is 14.6 Å². The largest absolute Gasteiger partial charge is 0.465 e. The summed E-state index contributed by atoms with van der Waals surface area (Å²) in [7, 11) is 2.14. The molecule has 43 heavy (non-hydrogen) atoms. The maximum atomic E-state index is 12.0. The molecule has 2 bridgehead atoms. The van der Waals surface area contributed by atoms with E-state index in [2.05, 4.69) is 64.2 Å². The van der Waals surface area contributed by atoms with Gasteiger partial charge in [0.15, 0.2) is 0 Å². The number of amides is 1. The Balaban J connectivity index is 1.23. The van der Waals surface area contributed by atoms with Crippen molar-refractivity contribution in [3.8, 4) is 12.1 Å². The first-order valence-corrected chi connectivity index (χ1v) is 15.6. The van der Waals surface area contributed by atoms with Crippen molar-refractivity contribution in [2.45, 2.75) is 69.6 Å². The van der Waals surface area contributed by atoms with Crippen LogP contribution in [0.2, 0.25) is 0 Å². The molecule has 3 saturated heterocycles. The number of aryl methyl sites for hydroxylation is 1. The highest BCUT2D eigenvalue weighted by molar-refractivity contribution is 5.97. The van der Waals surface area contributed by atoms with Crippen molar-refractivity contribution in [3.05, 3.63) is 53.2 Å². The Morgan fingerprint density at radius 1 is 1.07 bits per heavy atom. The minimum Gasteiger partial charge on any atom is -0.465 e. The van der Waals surface area contributed by atoms with Crippen molar-refractivity contribution in [2.24, 2.45) is 0 Å². The van der Waals surface area contributed by atoms with E-state index in [0.717, 1.165) is 62.3 Å². The lowest BCUT2D eigenvalue weighted by molar-refractivity contribution is 0.114. The van der Waals surface area contributed by atoms with Gasteiger partial charge in [0, 0.05) is 48.7 Å². The molecular weight excluding hydrogens is 542 g/mol. The number of fused-ring (bicyclic) bond motifs is 4. The minimum atomic E-state index is -0.818. The van der Waals surface area contributed by atoms with Gasteiger partial charge in [0.25, 0.3) is 0 Å². The van der Waals surface area contributed by atoms with Gasteiger partial charge in [-0.15, -0.1) is 0 Å². The van der Waals surface area contributed by atoms with Gasteiger partial charge in [-0.05, 0) is 69.1 Å². The average Bonchev–Trinajstić information content (AvgIpc) is 3.56. The summed E-state index contributed by atoms with van der Waals surface area (Å²) >= 11 is 0. The Morgan fingerprint density at radius 3 is 2.58 bits per heavy atom. The SMILES string of the molecule is CN1CCCC1COc1nc2c(c(N3C[C@H]4CC[C@@H](C3)N4C(=O)O)n1)CCN(c1cccc3cccc(CCC#N)c13)C2. The number of anilines is 2. The van der Waals surface area contributed by atoms with Crippen LogP contribution in [0.3, 0.4) is 0 Å². The molecule has 1 aromatic heterocycles. The lowest BCUT2D eigenvalue weighted by atomic mass is 9.97. The molecule has 4 aliphatic heterocycles. The molecule has 2 aromatic carbocycles. The fourth-order valence-corrected chi connectivity index (χ4v) is 7.73. The lowest BCUT2D eigenvalue weighted by Gasteiger charge is -2.41. The van der Waals surface area contributed by atoms with E-state index >= 15 is 0 Å². The molecule has 4 aliphatic rings. The summed E-state index contributed by atoms with van der Waals surface area (Å²) in [6, 6.07) is 15.8. The number of benzene rings is 2. The zero-order chi connectivity index (χ0) is 29.5. The molecule has 0 spiro atoms. The van der Waals surface area contributed by atoms with Crippen molar-refractivity contribution in [2.75, 3.05) is 49.6 Å². The molecule has 10 nitrogen and oxygen atoms in total. The second-order valence-electron chi connectivity index (χ2n) is 12.4. The van der Waals surface area contributed by atoms with E-state index in [-0.39, 0.29) is 12.1 Å². The van der Waals surface area contributed by atoms with Crippen molar-refractivity contribution >= 4 is 28.4 Å². The van der Waals surface area contributed by atoms with Gasteiger partial charge in [-0.1, -0.05) is 30.3 Å². The molecule has 1 N–H and O–H groups in total. The van der Waals surface area contributed by atoms with Crippen LogP contribution >= 0.6 is 0 Å². The van der Waals surface area contributed by atoms with Gasteiger partial charge >= 0.3 is 12.1 Å². The van der Waals surface area contributed by atoms with Gasteiger partial charge in [0.05, 0.1) is 30.4 Å². The predicted molar refractivity (Wildman–Crippen MR) is 165 cm³/mol. The number of carbonyl (C=O) groups is 1. The van der Waals surface area contributed by atoms with Gasteiger partial charge in [-0.3, -0.25) is 4.90 Å². The molecule has 3 fully saturated rings. The summed E-state index contributed by atoms with van der Waals surface area (Å²) in [5.74, 6) is 0.911. The fourth-order valence-electron chi connectivity index (χ4n) is 7.73. The average molecular weight is 582 g/mol. The van der Waals surface area contributed by atoms with Crippen LogP contribution in [0, 0.1) is 11.3 Å². The number of rotatable bonds is 7. The first kappa shape index (κ1) is 27.7. The lowest BCUT2D eigenvalue weighted by Crippen LogP contribution is -2.56. The van der Waals surface area contributed by atoms with Crippen LogP contribution < -0.4 is 14.5 Å². The third-order valence-corrected chi connectivity index (χ3v) is 9.92. The first-order valence-electron chi connectivity index (χ1n) is 15.6. The normalized spacial score (nSPS) is 23.4. The van der Waals surface area contributed by atoms with E-state index in [1.54, 1.807) is 4.90 Å². The molecule has 0 aliphatic carbocycles.